The third-order valence-electron chi connectivity index (χ3n) is 15.1. The maximum absolute atomic E-state index is 17.8. The fourth-order valence-electron chi connectivity index (χ4n) is 11.8. The average Bonchev–Trinajstić information content (AvgIpc) is 3.72. The second-order valence-corrected chi connectivity index (χ2v) is 19.3. The second kappa shape index (κ2) is 17.2. The number of aliphatic hydroxyl groups excluding tert-OH is 1. The van der Waals surface area contributed by atoms with Gasteiger partial charge in [-0.2, -0.15) is 0 Å². The Morgan fingerprint density at radius 1 is 0.955 bits per heavy atom. The van der Waals surface area contributed by atoms with Crippen molar-refractivity contribution in [3.05, 3.63) is 126 Å². The van der Waals surface area contributed by atoms with Crippen LogP contribution in [-0.4, -0.2) is 88.5 Å². The number of hydrogen-bond donors (Lipinski definition) is 3. The van der Waals surface area contributed by atoms with Gasteiger partial charge in [-0.3, -0.25) is 19.4 Å². The zero-order chi connectivity index (χ0) is 47.5. The normalized spacial score (nSPS) is 30.5. The van der Waals surface area contributed by atoms with Crippen molar-refractivity contribution in [2.45, 2.75) is 95.2 Å². The van der Waals surface area contributed by atoms with Crippen molar-refractivity contribution in [1.82, 2.24) is 4.98 Å². The van der Waals surface area contributed by atoms with Gasteiger partial charge >= 0.3 is 11.9 Å². The van der Waals surface area contributed by atoms with Crippen molar-refractivity contribution in [2.24, 2.45) is 28.4 Å². The van der Waals surface area contributed by atoms with E-state index in [4.69, 9.17) is 29.4 Å². The van der Waals surface area contributed by atoms with Crippen LogP contribution in [0.4, 0.5) is 10.1 Å². The van der Waals surface area contributed by atoms with E-state index in [9.17, 15) is 29.1 Å². The van der Waals surface area contributed by atoms with E-state index in [0.29, 0.717) is 41.6 Å². The molecule has 1 saturated heterocycles. The zero-order valence-electron chi connectivity index (χ0n) is 37.8. The lowest BCUT2D eigenvalue weighted by Gasteiger charge is -2.62. The molecule has 0 spiro atoms. The number of alkyl halides is 1. The number of pyridine rings is 1. The lowest BCUT2D eigenvalue weighted by molar-refractivity contribution is -0.246. The van der Waals surface area contributed by atoms with Crippen LogP contribution in [0, 0.1) is 22.7 Å². The second-order valence-electron chi connectivity index (χ2n) is 19.3. The summed E-state index contributed by atoms with van der Waals surface area (Å²) in [5.41, 5.74) is 2.78. The van der Waals surface area contributed by atoms with Crippen LogP contribution in [0.1, 0.15) is 80.8 Å². The predicted octanol–water partition coefficient (Wildman–Crippen LogP) is 6.63. The summed E-state index contributed by atoms with van der Waals surface area (Å²) in [7, 11) is 0. The summed E-state index contributed by atoms with van der Waals surface area (Å²) in [5.74, 6) is -5.04. The minimum Gasteiger partial charge on any atom is -0.482 e. The molecule has 0 radical (unpaired) electrons. The number of rotatable bonds is 13. The fourth-order valence-corrected chi connectivity index (χ4v) is 11.8. The molecule has 4 fully saturated rings. The van der Waals surface area contributed by atoms with Crippen LogP contribution in [0.15, 0.2) is 109 Å². The molecule has 67 heavy (non-hydrogen) atoms. The molecule has 15 heteroatoms. The van der Waals surface area contributed by atoms with Gasteiger partial charge in [-0.05, 0) is 124 Å². The number of fused-ring (bicyclic) bond motifs is 8. The molecule has 1 aliphatic heterocycles. The SMILES string of the molecule is CC1(C)O[C@@H]2C[C@H]3[C@@H]4CCC5=CC(=O)C=C[C@]5(C)[C@@]4(F)[C@@H](O)C[C@]3(C)[C@]2(C(=O)COC(=O)c2ccc(OCC(=O)OCc3ccc([C@@H](CN)C(=O)Nc4ccc5cnccc5c4)cc3)cc2)O1. The van der Waals surface area contributed by atoms with Crippen molar-refractivity contribution < 1.29 is 57.2 Å². The Kier molecular flexibility index (Phi) is 11.8. The number of nitrogens with zero attached hydrogens (tertiary/aromatic N) is 1. The third-order valence-corrected chi connectivity index (χ3v) is 15.1. The average molecular weight is 916 g/mol. The van der Waals surface area contributed by atoms with Crippen molar-refractivity contribution >= 4 is 45.9 Å². The third kappa shape index (κ3) is 7.84. The van der Waals surface area contributed by atoms with E-state index in [1.807, 2.05) is 31.2 Å². The molecule has 4 aliphatic carbocycles. The van der Waals surface area contributed by atoms with E-state index in [1.165, 1.54) is 36.4 Å². The number of carbonyl (C=O) groups is 5. The topological polar surface area (TPSA) is 203 Å². The van der Waals surface area contributed by atoms with Crippen molar-refractivity contribution in [2.75, 3.05) is 25.1 Å². The first-order valence-corrected chi connectivity index (χ1v) is 22.6. The molecule has 9 atom stereocenters. The van der Waals surface area contributed by atoms with E-state index >= 15 is 4.39 Å². The molecular formula is C52H54FN3O11. The Balaban J connectivity index is 0.774. The van der Waals surface area contributed by atoms with Gasteiger partial charge < -0.3 is 39.8 Å². The van der Waals surface area contributed by atoms with Gasteiger partial charge in [0, 0.05) is 46.8 Å². The van der Waals surface area contributed by atoms with Crippen LogP contribution in [0.2, 0.25) is 0 Å². The molecule has 4 N–H and O–H groups in total. The molecule has 5 aliphatic rings. The summed E-state index contributed by atoms with van der Waals surface area (Å²) < 4.78 is 47.3. The van der Waals surface area contributed by atoms with Crippen LogP contribution in [0.3, 0.4) is 0 Å². The maximum atomic E-state index is 17.8. The number of nitrogens with one attached hydrogen (secondary N) is 1. The summed E-state index contributed by atoms with van der Waals surface area (Å²) in [5, 5.41) is 16.7. The van der Waals surface area contributed by atoms with Gasteiger partial charge in [0.15, 0.2) is 36.1 Å². The Morgan fingerprint density at radius 3 is 2.46 bits per heavy atom. The molecule has 9 rings (SSSR count). The van der Waals surface area contributed by atoms with E-state index in [2.05, 4.69) is 10.3 Å². The van der Waals surface area contributed by atoms with Gasteiger partial charge in [0.2, 0.25) is 11.7 Å². The van der Waals surface area contributed by atoms with Gasteiger partial charge in [0.1, 0.15) is 12.4 Å². The lowest BCUT2D eigenvalue weighted by Crippen LogP contribution is -2.70. The number of anilines is 1. The molecule has 3 aromatic carbocycles. The highest BCUT2D eigenvalue weighted by Gasteiger charge is 2.80. The number of amides is 1. The fraction of sp³-hybridized carbons (Fsp3) is 0.423. The standard InChI is InChI=1S/C52H54FN3O11/c1-48(2)66-44-23-41-40-16-12-35-22-37(57)17-19-49(35,3)51(40,53)42(58)24-50(41,4)52(44,67-48)43(59)28-65-47(62)32-10-14-38(15-11-32)63-29-45(60)64-27-30-5-7-31(8-6-30)39(25-54)46(61)56-36-13-9-34-26-55-20-18-33(34)21-36/h5-11,13-15,17-22,26,39-42,44,58H,12,16,23-25,27-29,54H2,1-4H3,(H,56,61)/t39-,40+,41+,42+,44-,49+,50+,51+,52-/m1/s1. The number of ether oxygens (including phenoxy) is 5. The predicted molar refractivity (Wildman–Crippen MR) is 242 cm³/mol. The van der Waals surface area contributed by atoms with E-state index in [1.54, 1.807) is 63.5 Å². The van der Waals surface area contributed by atoms with Crippen LogP contribution in [-0.2, 0) is 44.7 Å². The summed E-state index contributed by atoms with van der Waals surface area (Å²) in [4.78, 5) is 70.0. The Morgan fingerprint density at radius 2 is 1.72 bits per heavy atom. The Bertz CT molecular complexity index is 2700. The number of allylic oxidation sites excluding steroid dienone is 4. The van der Waals surface area contributed by atoms with Gasteiger partial charge in [0.25, 0.3) is 0 Å². The highest BCUT2D eigenvalue weighted by molar-refractivity contribution is 6.01. The van der Waals surface area contributed by atoms with Crippen molar-refractivity contribution in [3.8, 4) is 5.75 Å². The number of benzene rings is 3. The van der Waals surface area contributed by atoms with Gasteiger partial charge in [-0.15, -0.1) is 0 Å². The first kappa shape index (κ1) is 46.0. The number of carbonyl (C=O) groups excluding carboxylic acids is 5. The van der Waals surface area contributed by atoms with E-state index < -0.39 is 88.8 Å². The van der Waals surface area contributed by atoms with Crippen molar-refractivity contribution in [3.63, 3.8) is 0 Å². The smallest absolute Gasteiger partial charge is 0.344 e. The quantitative estimate of drug-likeness (QED) is 0.121. The Hall–Kier alpha value is -6.13. The largest absolute Gasteiger partial charge is 0.482 e. The van der Waals surface area contributed by atoms with Crippen LogP contribution in [0.25, 0.3) is 10.8 Å². The summed E-state index contributed by atoms with van der Waals surface area (Å²) in [6.45, 7) is 5.96. The molecule has 4 aromatic rings. The molecule has 2 heterocycles. The molecule has 0 bridgehead atoms. The number of halogens is 1. The lowest BCUT2D eigenvalue weighted by atomic mass is 9.44. The molecule has 14 nitrogen and oxygen atoms in total. The highest BCUT2D eigenvalue weighted by atomic mass is 19.1. The molecule has 1 aromatic heterocycles. The number of nitrogens with two attached hydrogens (primary N) is 1. The number of aromatic nitrogens is 1. The van der Waals surface area contributed by atoms with E-state index in [0.717, 1.165) is 10.8 Å². The number of aliphatic hydroxyl groups is 1. The summed E-state index contributed by atoms with van der Waals surface area (Å²) in [6, 6.07) is 20.3. The van der Waals surface area contributed by atoms with Crippen LogP contribution >= 0.6 is 0 Å². The minimum atomic E-state index is -2.11. The first-order valence-electron chi connectivity index (χ1n) is 22.6. The number of esters is 2. The molecular weight excluding hydrogens is 862 g/mol. The number of hydrogen-bond acceptors (Lipinski definition) is 13. The van der Waals surface area contributed by atoms with Gasteiger partial charge in [0.05, 0.1) is 23.7 Å². The van der Waals surface area contributed by atoms with Gasteiger partial charge in [-0.1, -0.05) is 48.9 Å². The molecule has 350 valence electrons. The minimum absolute atomic E-state index is 0.0374. The number of ketones is 2. The molecule has 0 unspecified atom stereocenters. The highest BCUT2D eigenvalue weighted by Crippen LogP contribution is 2.72. The van der Waals surface area contributed by atoms with Crippen molar-refractivity contribution in [1.29, 1.82) is 0 Å². The zero-order valence-corrected chi connectivity index (χ0v) is 37.8. The van der Waals surface area contributed by atoms with Crippen LogP contribution in [0.5, 0.6) is 5.75 Å². The Labute approximate surface area is 387 Å². The molecule has 1 amide bonds. The van der Waals surface area contributed by atoms with E-state index in [-0.39, 0.29) is 42.6 Å². The van der Waals surface area contributed by atoms with Gasteiger partial charge in [-0.25, -0.2) is 14.0 Å². The van der Waals surface area contributed by atoms with Crippen LogP contribution < -0.4 is 15.8 Å². The summed E-state index contributed by atoms with van der Waals surface area (Å²) >= 11 is 0. The first-order chi connectivity index (χ1) is 31.9. The monoisotopic (exact) mass is 915 g/mol. The number of Topliss-reactive ketones (excluding diaryl/α,β-unsaturated/α-hetero) is 1. The maximum Gasteiger partial charge on any atom is 0.344 e. The molecule has 3 saturated carbocycles. The summed E-state index contributed by atoms with van der Waals surface area (Å²) in [6.07, 6.45) is 6.61.